The predicted molar refractivity (Wildman–Crippen MR) is 89.6 cm³/mol. The minimum atomic E-state index is -0.0951. The van der Waals surface area contributed by atoms with Crippen molar-refractivity contribution in [1.82, 2.24) is 5.32 Å². The van der Waals surface area contributed by atoms with Gasteiger partial charge in [-0.25, -0.2) is 0 Å². The Morgan fingerprint density at radius 3 is 2.77 bits per heavy atom. The van der Waals surface area contributed by atoms with Crippen molar-refractivity contribution in [3.05, 3.63) is 59.1 Å². The summed E-state index contributed by atoms with van der Waals surface area (Å²) in [5.41, 5.74) is 1.82. The summed E-state index contributed by atoms with van der Waals surface area (Å²) >= 11 is 5.87. The average molecular weight is 319 g/mol. The minimum absolute atomic E-state index is 0.0951. The highest BCUT2D eigenvalue weighted by atomic mass is 35.5. The molecule has 0 bridgehead atoms. The molecule has 0 fully saturated rings. The fourth-order valence-electron chi connectivity index (χ4n) is 2.11. The van der Waals surface area contributed by atoms with Gasteiger partial charge in [-0.05, 0) is 42.8 Å². The van der Waals surface area contributed by atoms with Gasteiger partial charge in [0, 0.05) is 10.7 Å². The highest BCUT2D eigenvalue weighted by molar-refractivity contribution is 6.30. The van der Waals surface area contributed by atoms with Gasteiger partial charge >= 0.3 is 0 Å². The maximum atomic E-state index is 11.8. The Kier molecular flexibility index (Phi) is 6.25. The van der Waals surface area contributed by atoms with E-state index in [1.807, 2.05) is 24.3 Å². The Bertz CT molecular complexity index is 632. The molecule has 0 unspecified atom stereocenters. The Balaban J connectivity index is 1.73. The van der Waals surface area contributed by atoms with Crippen LogP contribution in [0.2, 0.25) is 5.02 Å². The van der Waals surface area contributed by atoms with Crippen molar-refractivity contribution >= 4 is 23.2 Å². The first-order chi connectivity index (χ1) is 10.7. The molecule has 2 aromatic rings. The van der Waals surface area contributed by atoms with Crippen LogP contribution in [-0.4, -0.2) is 26.1 Å². The molecular weight excluding hydrogens is 300 g/mol. The number of nitrogens with one attached hydrogen (secondary N) is 2. The van der Waals surface area contributed by atoms with Crippen molar-refractivity contribution < 1.29 is 9.53 Å². The molecule has 22 heavy (non-hydrogen) atoms. The molecule has 1 amide bonds. The SMILES string of the molecule is COc1ccccc1CCNCC(=O)Nc1cccc(Cl)c1. The molecule has 5 heteroatoms. The molecule has 0 atom stereocenters. The molecule has 116 valence electrons. The van der Waals surface area contributed by atoms with E-state index in [4.69, 9.17) is 16.3 Å². The second-order valence-corrected chi connectivity index (χ2v) is 5.23. The van der Waals surface area contributed by atoms with E-state index in [0.29, 0.717) is 17.3 Å². The first-order valence-corrected chi connectivity index (χ1v) is 7.45. The zero-order valence-electron chi connectivity index (χ0n) is 12.4. The van der Waals surface area contributed by atoms with E-state index in [0.717, 1.165) is 17.7 Å². The number of methoxy groups -OCH3 is 1. The Morgan fingerprint density at radius 2 is 2.00 bits per heavy atom. The third-order valence-corrected chi connectivity index (χ3v) is 3.39. The summed E-state index contributed by atoms with van der Waals surface area (Å²) in [5, 5.41) is 6.51. The van der Waals surface area contributed by atoms with E-state index in [1.165, 1.54) is 0 Å². The lowest BCUT2D eigenvalue weighted by molar-refractivity contribution is -0.115. The summed E-state index contributed by atoms with van der Waals surface area (Å²) in [4.78, 5) is 11.8. The number of hydrogen-bond donors (Lipinski definition) is 2. The number of para-hydroxylation sites is 1. The van der Waals surface area contributed by atoms with Crippen LogP contribution in [0.25, 0.3) is 0 Å². The largest absolute Gasteiger partial charge is 0.496 e. The molecule has 0 spiro atoms. The van der Waals surface area contributed by atoms with Crippen molar-refractivity contribution in [1.29, 1.82) is 0 Å². The van der Waals surface area contributed by atoms with Crippen LogP contribution >= 0.6 is 11.6 Å². The quantitative estimate of drug-likeness (QED) is 0.771. The van der Waals surface area contributed by atoms with Crippen molar-refractivity contribution in [2.75, 3.05) is 25.5 Å². The Labute approximate surface area is 135 Å². The normalized spacial score (nSPS) is 10.3. The number of carbonyl (C=O) groups excluding carboxylic acids is 1. The summed E-state index contributed by atoms with van der Waals surface area (Å²) in [6.07, 6.45) is 0.800. The maximum absolute atomic E-state index is 11.8. The third-order valence-electron chi connectivity index (χ3n) is 3.16. The van der Waals surface area contributed by atoms with Crippen molar-refractivity contribution in [2.24, 2.45) is 0 Å². The first kappa shape index (κ1) is 16.3. The van der Waals surface area contributed by atoms with Crippen LogP contribution in [0, 0.1) is 0 Å². The average Bonchev–Trinajstić information content (AvgIpc) is 2.52. The van der Waals surface area contributed by atoms with Crippen LogP contribution < -0.4 is 15.4 Å². The number of halogens is 1. The Hall–Kier alpha value is -2.04. The first-order valence-electron chi connectivity index (χ1n) is 7.07. The topological polar surface area (TPSA) is 50.4 Å². The maximum Gasteiger partial charge on any atom is 0.238 e. The van der Waals surface area contributed by atoms with Gasteiger partial charge in [0.15, 0.2) is 0 Å². The summed E-state index contributed by atoms with van der Waals surface area (Å²) in [6, 6.07) is 15.0. The zero-order chi connectivity index (χ0) is 15.8. The third kappa shape index (κ3) is 5.06. The lowest BCUT2D eigenvalue weighted by Gasteiger charge is -2.09. The van der Waals surface area contributed by atoms with Crippen LogP contribution in [-0.2, 0) is 11.2 Å². The summed E-state index contributed by atoms with van der Waals surface area (Å²) in [7, 11) is 1.66. The number of rotatable bonds is 7. The van der Waals surface area contributed by atoms with E-state index >= 15 is 0 Å². The van der Waals surface area contributed by atoms with Crippen LogP contribution in [0.5, 0.6) is 5.75 Å². The van der Waals surface area contributed by atoms with Crippen LogP contribution in [0.15, 0.2) is 48.5 Å². The number of anilines is 1. The number of amides is 1. The van der Waals surface area contributed by atoms with Gasteiger partial charge in [-0.2, -0.15) is 0 Å². The second-order valence-electron chi connectivity index (χ2n) is 4.80. The monoisotopic (exact) mass is 318 g/mol. The fourth-order valence-corrected chi connectivity index (χ4v) is 2.30. The van der Waals surface area contributed by atoms with E-state index in [-0.39, 0.29) is 12.5 Å². The fraction of sp³-hybridized carbons (Fsp3) is 0.235. The van der Waals surface area contributed by atoms with Gasteiger partial charge in [-0.1, -0.05) is 35.9 Å². The lowest BCUT2D eigenvalue weighted by Crippen LogP contribution is -2.29. The molecule has 2 rings (SSSR count). The molecule has 0 heterocycles. The zero-order valence-corrected chi connectivity index (χ0v) is 13.2. The summed E-state index contributed by atoms with van der Waals surface area (Å²) < 4.78 is 5.29. The summed E-state index contributed by atoms with van der Waals surface area (Å²) in [5.74, 6) is 0.773. The number of hydrogen-bond acceptors (Lipinski definition) is 3. The highest BCUT2D eigenvalue weighted by Gasteiger charge is 2.04. The van der Waals surface area contributed by atoms with E-state index in [9.17, 15) is 4.79 Å². The molecule has 2 N–H and O–H groups in total. The summed E-state index contributed by atoms with van der Waals surface area (Å²) in [6.45, 7) is 0.949. The van der Waals surface area contributed by atoms with Gasteiger partial charge in [0.05, 0.1) is 13.7 Å². The molecule has 2 aromatic carbocycles. The molecule has 0 aliphatic rings. The standard InChI is InChI=1S/C17H19ClN2O2/c1-22-16-8-3-2-5-13(16)9-10-19-12-17(21)20-15-7-4-6-14(18)11-15/h2-8,11,19H,9-10,12H2,1H3,(H,20,21). The minimum Gasteiger partial charge on any atom is -0.496 e. The molecule has 0 aliphatic heterocycles. The molecular formula is C17H19ClN2O2. The molecule has 0 saturated heterocycles. The van der Waals surface area contributed by atoms with E-state index in [2.05, 4.69) is 10.6 Å². The molecule has 4 nitrogen and oxygen atoms in total. The smallest absolute Gasteiger partial charge is 0.238 e. The molecule has 0 aliphatic carbocycles. The van der Waals surface area contributed by atoms with Crippen molar-refractivity contribution in [2.45, 2.75) is 6.42 Å². The lowest BCUT2D eigenvalue weighted by atomic mass is 10.1. The second kappa shape index (κ2) is 8.41. The highest BCUT2D eigenvalue weighted by Crippen LogP contribution is 2.17. The van der Waals surface area contributed by atoms with Gasteiger partial charge in [-0.3, -0.25) is 4.79 Å². The van der Waals surface area contributed by atoms with Gasteiger partial charge in [0.2, 0.25) is 5.91 Å². The van der Waals surface area contributed by atoms with E-state index in [1.54, 1.807) is 31.4 Å². The van der Waals surface area contributed by atoms with Crippen LogP contribution in [0.1, 0.15) is 5.56 Å². The predicted octanol–water partition coefficient (Wildman–Crippen LogP) is 3.12. The van der Waals surface area contributed by atoms with E-state index < -0.39 is 0 Å². The molecule has 0 aromatic heterocycles. The van der Waals surface area contributed by atoms with Gasteiger partial charge < -0.3 is 15.4 Å². The van der Waals surface area contributed by atoms with Crippen LogP contribution in [0.4, 0.5) is 5.69 Å². The van der Waals surface area contributed by atoms with Gasteiger partial charge in [-0.15, -0.1) is 0 Å². The number of benzene rings is 2. The van der Waals surface area contributed by atoms with Crippen molar-refractivity contribution in [3.63, 3.8) is 0 Å². The van der Waals surface area contributed by atoms with Gasteiger partial charge in [0.1, 0.15) is 5.75 Å². The van der Waals surface area contributed by atoms with Crippen molar-refractivity contribution in [3.8, 4) is 5.75 Å². The number of ether oxygens (including phenoxy) is 1. The molecule has 0 saturated carbocycles. The number of carbonyl (C=O) groups is 1. The molecule has 0 radical (unpaired) electrons. The Morgan fingerprint density at radius 1 is 1.18 bits per heavy atom. The van der Waals surface area contributed by atoms with Crippen LogP contribution in [0.3, 0.4) is 0 Å². The van der Waals surface area contributed by atoms with Gasteiger partial charge in [0.25, 0.3) is 0 Å².